The number of rotatable bonds is 5. The van der Waals surface area contributed by atoms with Crippen LogP contribution in [0.2, 0.25) is 0 Å². The van der Waals surface area contributed by atoms with Gasteiger partial charge in [-0.3, -0.25) is 9.59 Å². The molecule has 0 spiro atoms. The molecule has 6 nitrogen and oxygen atoms in total. The van der Waals surface area contributed by atoms with Crippen molar-refractivity contribution in [2.45, 2.75) is 26.4 Å². The lowest BCUT2D eigenvalue weighted by Crippen LogP contribution is -2.41. The minimum Gasteiger partial charge on any atom is -0.444 e. The van der Waals surface area contributed by atoms with Crippen molar-refractivity contribution in [3.63, 3.8) is 0 Å². The molecule has 21 heavy (non-hydrogen) atoms. The molecule has 0 aliphatic rings. The highest BCUT2D eigenvalue weighted by Crippen LogP contribution is 2.06. The molecule has 0 aliphatic carbocycles. The van der Waals surface area contributed by atoms with Gasteiger partial charge in [-0.15, -0.1) is 0 Å². The van der Waals surface area contributed by atoms with E-state index in [1.165, 1.54) is 0 Å². The zero-order valence-corrected chi connectivity index (χ0v) is 12.4. The van der Waals surface area contributed by atoms with Crippen molar-refractivity contribution in [3.8, 4) is 0 Å². The van der Waals surface area contributed by atoms with Crippen molar-refractivity contribution in [1.29, 1.82) is 0 Å². The molecule has 0 unspecified atom stereocenters. The minimum atomic E-state index is -0.674. The summed E-state index contributed by atoms with van der Waals surface area (Å²) in [4.78, 5) is 34.6. The molecule has 0 saturated heterocycles. The first-order valence-corrected chi connectivity index (χ1v) is 6.60. The number of nitrogens with one attached hydrogen (secondary N) is 2. The van der Waals surface area contributed by atoms with Crippen LogP contribution in [-0.2, 0) is 9.53 Å². The number of benzene rings is 1. The Kier molecular flexibility index (Phi) is 5.90. The second kappa shape index (κ2) is 7.42. The maximum absolute atomic E-state index is 11.7. The molecule has 114 valence electrons. The lowest BCUT2D eigenvalue weighted by Gasteiger charge is -2.19. The largest absolute Gasteiger partial charge is 0.444 e. The second-order valence-corrected chi connectivity index (χ2v) is 5.42. The lowest BCUT2D eigenvalue weighted by atomic mass is 10.1. The van der Waals surface area contributed by atoms with Gasteiger partial charge in [-0.2, -0.15) is 0 Å². The van der Waals surface area contributed by atoms with Gasteiger partial charge in [0, 0.05) is 5.56 Å². The number of hydrogen-bond donors (Lipinski definition) is 2. The molecule has 1 rings (SSSR count). The quantitative estimate of drug-likeness (QED) is 0.806. The predicted octanol–water partition coefficient (Wildman–Crippen LogP) is 1.51. The van der Waals surface area contributed by atoms with Crippen molar-refractivity contribution >= 4 is 17.8 Å². The third kappa shape index (κ3) is 7.10. The number of hydrogen-bond acceptors (Lipinski definition) is 4. The van der Waals surface area contributed by atoms with Crippen LogP contribution < -0.4 is 10.6 Å². The Morgan fingerprint density at radius 1 is 1.00 bits per heavy atom. The van der Waals surface area contributed by atoms with E-state index in [0.717, 1.165) is 0 Å². The summed E-state index contributed by atoms with van der Waals surface area (Å²) in [5.74, 6) is -0.647. The summed E-state index contributed by atoms with van der Waals surface area (Å²) in [6.07, 6.45) is -0.674. The molecule has 2 amide bonds. The summed E-state index contributed by atoms with van der Waals surface area (Å²) in [5.41, 5.74) is -0.0954. The SMILES string of the molecule is CC(C)(C)OC(=O)NCC(=O)NCC(=O)c1ccccc1. The minimum absolute atomic E-state index is 0.112. The molecule has 0 aliphatic heterocycles. The van der Waals surface area contributed by atoms with Crippen LogP contribution >= 0.6 is 0 Å². The monoisotopic (exact) mass is 292 g/mol. The number of ketones is 1. The summed E-state index contributed by atoms with van der Waals surface area (Å²) in [6, 6.07) is 8.65. The Balaban J connectivity index is 2.29. The molecule has 1 aromatic carbocycles. The normalized spacial score (nSPS) is 10.6. The maximum Gasteiger partial charge on any atom is 0.408 e. The molecule has 0 fully saturated rings. The number of ether oxygens (including phenoxy) is 1. The molecule has 1 aromatic rings. The average molecular weight is 292 g/mol. The van der Waals surface area contributed by atoms with Crippen molar-refractivity contribution in [2.75, 3.05) is 13.1 Å². The van der Waals surface area contributed by atoms with Crippen molar-refractivity contribution in [2.24, 2.45) is 0 Å². The Morgan fingerprint density at radius 3 is 2.19 bits per heavy atom. The smallest absolute Gasteiger partial charge is 0.408 e. The average Bonchev–Trinajstić information content (AvgIpc) is 2.41. The molecule has 0 aromatic heterocycles. The molecule has 6 heteroatoms. The lowest BCUT2D eigenvalue weighted by molar-refractivity contribution is -0.120. The topological polar surface area (TPSA) is 84.5 Å². The van der Waals surface area contributed by atoms with Crippen molar-refractivity contribution < 1.29 is 19.1 Å². The predicted molar refractivity (Wildman–Crippen MR) is 78.0 cm³/mol. The van der Waals surface area contributed by atoms with Gasteiger partial charge in [0.05, 0.1) is 6.54 Å². The Labute approximate surface area is 123 Å². The number of alkyl carbamates (subject to hydrolysis) is 1. The zero-order valence-electron chi connectivity index (χ0n) is 12.4. The number of carbonyl (C=O) groups is 3. The Bertz CT molecular complexity index is 506. The maximum atomic E-state index is 11.7. The summed E-state index contributed by atoms with van der Waals surface area (Å²) >= 11 is 0. The first-order chi connectivity index (χ1) is 9.78. The Morgan fingerprint density at radius 2 is 1.62 bits per heavy atom. The zero-order chi connectivity index (χ0) is 15.9. The molecular weight excluding hydrogens is 272 g/mol. The van der Waals surface area contributed by atoms with E-state index in [1.807, 2.05) is 0 Å². The summed E-state index contributed by atoms with van der Waals surface area (Å²) in [7, 11) is 0. The second-order valence-electron chi connectivity index (χ2n) is 5.42. The van der Waals surface area contributed by atoms with Gasteiger partial charge in [0.1, 0.15) is 12.1 Å². The highest BCUT2D eigenvalue weighted by molar-refractivity contribution is 5.99. The highest BCUT2D eigenvalue weighted by Gasteiger charge is 2.16. The standard InChI is InChI=1S/C15H20N2O4/c1-15(2,3)21-14(20)17-10-13(19)16-9-12(18)11-7-5-4-6-8-11/h4-8H,9-10H2,1-3H3,(H,16,19)(H,17,20). The van der Waals surface area contributed by atoms with Crippen LogP contribution in [0.15, 0.2) is 30.3 Å². The summed E-state index contributed by atoms with van der Waals surface area (Å²) in [5, 5.41) is 4.76. The molecular formula is C15H20N2O4. The fourth-order valence-corrected chi connectivity index (χ4v) is 1.43. The molecule has 2 N–H and O–H groups in total. The number of amides is 2. The van der Waals surface area contributed by atoms with Gasteiger partial charge in [-0.1, -0.05) is 30.3 Å². The third-order valence-corrected chi connectivity index (χ3v) is 2.33. The molecule has 0 saturated carbocycles. The van der Waals surface area contributed by atoms with Crippen LogP contribution in [0.5, 0.6) is 0 Å². The van der Waals surface area contributed by atoms with Gasteiger partial charge in [0.2, 0.25) is 5.91 Å². The van der Waals surface area contributed by atoms with E-state index in [2.05, 4.69) is 10.6 Å². The first-order valence-electron chi connectivity index (χ1n) is 6.60. The van der Waals surface area contributed by atoms with Gasteiger partial charge >= 0.3 is 6.09 Å². The molecule has 0 radical (unpaired) electrons. The van der Waals surface area contributed by atoms with Crippen LogP contribution in [0.25, 0.3) is 0 Å². The molecule has 0 heterocycles. The van der Waals surface area contributed by atoms with Crippen LogP contribution in [0.4, 0.5) is 4.79 Å². The van der Waals surface area contributed by atoms with E-state index in [4.69, 9.17) is 4.74 Å². The highest BCUT2D eigenvalue weighted by atomic mass is 16.6. The van der Waals surface area contributed by atoms with Crippen molar-refractivity contribution in [3.05, 3.63) is 35.9 Å². The molecule has 0 atom stereocenters. The Hall–Kier alpha value is -2.37. The van der Waals surface area contributed by atoms with E-state index >= 15 is 0 Å². The fourth-order valence-electron chi connectivity index (χ4n) is 1.43. The van der Waals surface area contributed by atoms with Crippen molar-refractivity contribution in [1.82, 2.24) is 10.6 Å². The van der Waals surface area contributed by atoms with Gasteiger partial charge < -0.3 is 15.4 Å². The van der Waals surface area contributed by atoms with Crippen LogP contribution in [0.3, 0.4) is 0 Å². The molecule has 0 bridgehead atoms. The van der Waals surface area contributed by atoms with E-state index in [9.17, 15) is 14.4 Å². The number of carbonyl (C=O) groups excluding carboxylic acids is 3. The van der Waals surface area contributed by atoms with Gasteiger partial charge in [-0.05, 0) is 20.8 Å². The number of Topliss-reactive ketones (excluding diaryl/α,β-unsaturated/α-hetero) is 1. The van der Waals surface area contributed by atoms with E-state index in [0.29, 0.717) is 5.56 Å². The van der Waals surface area contributed by atoms with Gasteiger partial charge in [-0.25, -0.2) is 4.79 Å². The van der Waals surface area contributed by atoms with Crippen LogP contribution in [0, 0.1) is 0 Å². The van der Waals surface area contributed by atoms with Crippen LogP contribution in [0.1, 0.15) is 31.1 Å². The van der Waals surface area contributed by atoms with E-state index in [-0.39, 0.29) is 18.9 Å². The first kappa shape index (κ1) is 16.7. The van der Waals surface area contributed by atoms with Gasteiger partial charge in [0.15, 0.2) is 5.78 Å². The summed E-state index contributed by atoms with van der Waals surface area (Å²) < 4.78 is 4.99. The van der Waals surface area contributed by atoms with Gasteiger partial charge in [0.25, 0.3) is 0 Å². The van der Waals surface area contributed by atoms with E-state index < -0.39 is 17.6 Å². The third-order valence-electron chi connectivity index (χ3n) is 2.33. The fraction of sp³-hybridized carbons (Fsp3) is 0.400. The van der Waals surface area contributed by atoms with Crippen LogP contribution in [-0.4, -0.2) is 36.5 Å². The van der Waals surface area contributed by atoms with E-state index in [1.54, 1.807) is 51.1 Å². The summed E-state index contributed by atoms with van der Waals surface area (Å²) in [6.45, 7) is 4.83.